The molecule has 0 aliphatic carbocycles. The van der Waals surface area contributed by atoms with E-state index in [1.165, 1.54) is 13.8 Å². The molecule has 0 fully saturated rings. The van der Waals surface area contributed by atoms with E-state index in [9.17, 15) is 26.7 Å². The van der Waals surface area contributed by atoms with Crippen LogP contribution in [0, 0.1) is 13.8 Å². The molecular weight excluding hydrogens is 343 g/mol. The molecule has 7 heteroatoms. The van der Waals surface area contributed by atoms with Crippen LogP contribution in [0.4, 0.5) is 22.0 Å². The number of Topliss-reactive ketones (excluding diaryl/α,β-unsaturated/α-hetero) is 1. The highest BCUT2D eigenvalue weighted by molar-refractivity contribution is 6.02. The van der Waals surface area contributed by atoms with Crippen LogP contribution in [0.3, 0.4) is 0 Å². The smallest absolute Gasteiger partial charge is 0.461 e. The number of benzene rings is 2. The van der Waals surface area contributed by atoms with Crippen LogP contribution in [-0.2, 0) is 6.61 Å². The van der Waals surface area contributed by atoms with Crippen LogP contribution in [0.1, 0.15) is 27.0 Å². The fourth-order valence-corrected chi connectivity index (χ4v) is 2.35. The second-order valence-electron chi connectivity index (χ2n) is 5.61. The lowest BCUT2D eigenvalue weighted by atomic mass is 9.99. The summed E-state index contributed by atoms with van der Waals surface area (Å²) in [6, 6.07) is 11.1. The Morgan fingerprint density at radius 3 is 1.96 bits per heavy atom. The van der Waals surface area contributed by atoms with Crippen molar-refractivity contribution in [3.05, 3.63) is 64.7 Å². The Hall–Kier alpha value is -2.44. The van der Waals surface area contributed by atoms with Gasteiger partial charge in [0.1, 0.15) is 12.4 Å². The van der Waals surface area contributed by atoms with Crippen molar-refractivity contribution in [1.29, 1.82) is 0 Å². The number of aryl methyl sites for hydroxylation is 2. The lowest BCUT2D eigenvalue weighted by molar-refractivity contribution is -0.255. The van der Waals surface area contributed by atoms with E-state index in [2.05, 4.69) is 0 Å². The topological polar surface area (TPSA) is 26.3 Å². The zero-order chi connectivity index (χ0) is 18.8. The summed E-state index contributed by atoms with van der Waals surface area (Å²) in [6.45, 7) is 3.17. The molecule has 0 amide bonds. The van der Waals surface area contributed by atoms with E-state index in [0.717, 1.165) is 17.7 Å². The van der Waals surface area contributed by atoms with Crippen molar-refractivity contribution in [2.24, 2.45) is 0 Å². The molecule has 0 saturated carbocycles. The van der Waals surface area contributed by atoms with Gasteiger partial charge in [-0.3, -0.25) is 4.79 Å². The number of alkyl halides is 5. The lowest BCUT2D eigenvalue weighted by Gasteiger charge is -2.19. The van der Waals surface area contributed by atoms with Gasteiger partial charge in [-0.2, -0.15) is 22.0 Å². The van der Waals surface area contributed by atoms with Gasteiger partial charge in [-0.15, -0.1) is 0 Å². The van der Waals surface area contributed by atoms with Crippen molar-refractivity contribution < 1.29 is 31.5 Å². The molecule has 0 unspecified atom stereocenters. The number of halogens is 5. The van der Waals surface area contributed by atoms with Gasteiger partial charge in [0.2, 0.25) is 5.78 Å². The van der Waals surface area contributed by atoms with Crippen LogP contribution >= 0.6 is 0 Å². The minimum absolute atomic E-state index is 0.203. The quantitative estimate of drug-likeness (QED) is 0.538. The van der Waals surface area contributed by atoms with Crippen LogP contribution in [-0.4, -0.2) is 17.9 Å². The fourth-order valence-electron chi connectivity index (χ4n) is 2.35. The monoisotopic (exact) mass is 358 g/mol. The molecule has 2 aromatic rings. The van der Waals surface area contributed by atoms with E-state index in [1.54, 1.807) is 0 Å². The predicted molar refractivity (Wildman–Crippen MR) is 82.0 cm³/mol. The summed E-state index contributed by atoms with van der Waals surface area (Å²) in [5.41, 5.74) is 0.768. The molecule has 0 bridgehead atoms. The Labute approximate surface area is 141 Å². The van der Waals surface area contributed by atoms with Gasteiger partial charge in [0.25, 0.3) is 0 Å². The van der Waals surface area contributed by atoms with E-state index in [-0.39, 0.29) is 6.61 Å². The standard InChI is InChI=1S/C18H15F5O2/c1-11-8-14(16(24)17(19,20)18(21,22)23)9-12(2)15(11)25-10-13-6-4-3-5-7-13/h3-9H,10H2,1-2H3. The minimum Gasteiger partial charge on any atom is -0.488 e. The number of hydrogen-bond donors (Lipinski definition) is 0. The lowest BCUT2D eigenvalue weighted by Crippen LogP contribution is -2.44. The van der Waals surface area contributed by atoms with Crippen molar-refractivity contribution in [2.75, 3.05) is 0 Å². The van der Waals surface area contributed by atoms with E-state index >= 15 is 0 Å². The molecule has 2 nitrogen and oxygen atoms in total. The first kappa shape index (κ1) is 18.9. The molecule has 0 N–H and O–H groups in total. The summed E-state index contributed by atoms with van der Waals surface area (Å²) in [5, 5.41) is 0. The SMILES string of the molecule is Cc1cc(C(=O)C(F)(F)C(F)(F)F)cc(C)c1OCc1ccccc1. The number of rotatable bonds is 5. The molecule has 0 saturated heterocycles. The molecule has 0 heterocycles. The molecule has 0 atom stereocenters. The maximum absolute atomic E-state index is 13.2. The normalized spacial score (nSPS) is 12.1. The average Bonchev–Trinajstić information content (AvgIpc) is 2.53. The second-order valence-corrected chi connectivity index (χ2v) is 5.61. The Morgan fingerprint density at radius 1 is 0.960 bits per heavy atom. The van der Waals surface area contributed by atoms with Crippen molar-refractivity contribution >= 4 is 5.78 Å². The summed E-state index contributed by atoms with van der Waals surface area (Å²) < 4.78 is 69.2. The molecule has 0 spiro atoms. The molecule has 25 heavy (non-hydrogen) atoms. The Morgan fingerprint density at radius 2 is 1.48 bits per heavy atom. The minimum atomic E-state index is -5.94. The van der Waals surface area contributed by atoms with Crippen molar-refractivity contribution in [3.8, 4) is 5.75 Å². The zero-order valence-electron chi connectivity index (χ0n) is 13.5. The molecule has 0 aromatic heterocycles. The summed E-state index contributed by atoms with van der Waals surface area (Å²) in [6.07, 6.45) is -5.94. The third-order valence-electron chi connectivity index (χ3n) is 3.59. The number of carbonyl (C=O) groups is 1. The highest BCUT2D eigenvalue weighted by Gasteiger charge is 2.63. The number of carbonyl (C=O) groups excluding carboxylic acids is 1. The summed E-state index contributed by atoms with van der Waals surface area (Å²) in [4.78, 5) is 11.6. The number of ketones is 1. The van der Waals surface area contributed by atoms with Crippen LogP contribution in [0.2, 0.25) is 0 Å². The average molecular weight is 358 g/mol. The molecule has 2 rings (SSSR count). The van der Waals surface area contributed by atoms with Gasteiger partial charge in [0, 0.05) is 5.56 Å². The molecule has 134 valence electrons. The van der Waals surface area contributed by atoms with E-state index < -0.39 is 23.4 Å². The first-order valence-electron chi connectivity index (χ1n) is 7.31. The van der Waals surface area contributed by atoms with Crippen LogP contribution in [0.15, 0.2) is 42.5 Å². The molecule has 0 aliphatic heterocycles. The highest BCUT2D eigenvalue weighted by Crippen LogP contribution is 2.39. The summed E-state index contributed by atoms with van der Waals surface area (Å²) in [7, 11) is 0. The van der Waals surface area contributed by atoms with E-state index in [4.69, 9.17) is 4.74 Å². The van der Waals surface area contributed by atoms with Crippen LogP contribution < -0.4 is 4.74 Å². The molecule has 2 aromatic carbocycles. The van der Waals surface area contributed by atoms with Crippen molar-refractivity contribution in [2.45, 2.75) is 32.6 Å². The molecular formula is C18H15F5O2. The highest BCUT2D eigenvalue weighted by atomic mass is 19.4. The Bertz CT molecular complexity index is 744. The molecule has 0 aliphatic rings. The van der Waals surface area contributed by atoms with Crippen LogP contribution in [0.25, 0.3) is 0 Å². The van der Waals surface area contributed by atoms with E-state index in [1.807, 2.05) is 30.3 Å². The van der Waals surface area contributed by atoms with Gasteiger partial charge < -0.3 is 4.74 Å². The first-order valence-corrected chi connectivity index (χ1v) is 7.31. The summed E-state index contributed by atoms with van der Waals surface area (Å²) >= 11 is 0. The number of ether oxygens (including phenoxy) is 1. The maximum Gasteiger partial charge on any atom is 0.461 e. The second kappa shape index (κ2) is 6.82. The van der Waals surface area contributed by atoms with Gasteiger partial charge in [-0.1, -0.05) is 30.3 Å². The van der Waals surface area contributed by atoms with Gasteiger partial charge in [0.05, 0.1) is 0 Å². The third-order valence-corrected chi connectivity index (χ3v) is 3.59. The van der Waals surface area contributed by atoms with E-state index in [0.29, 0.717) is 16.9 Å². The fraction of sp³-hybridized carbons (Fsp3) is 0.278. The predicted octanol–water partition coefficient (Wildman–Crippen LogP) is 5.26. The van der Waals surface area contributed by atoms with Gasteiger partial charge in [0.15, 0.2) is 0 Å². The van der Waals surface area contributed by atoms with Gasteiger partial charge >= 0.3 is 12.1 Å². The van der Waals surface area contributed by atoms with Gasteiger partial charge in [-0.25, -0.2) is 0 Å². The Balaban J connectivity index is 2.27. The molecule has 0 radical (unpaired) electrons. The Kier molecular flexibility index (Phi) is 5.15. The van der Waals surface area contributed by atoms with Gasteiger partial charge in [-0.05, 0) is 42.7 Å². The third kappa shape index (κ3) is 3.97. The maximum atomic E-state index is 13.2. The van der Waals surface area contributed by atoms with Crippen LogP contribution in [0.5, 0.6) is 5.75 Å². The zero-order valence-corrected chi connectivity index (χ0v) is 13.5. The van der Waals surface area contributed by atoms with Crippen molar-refractivity contribution in [1.82, 2.24) is 0 Å². The summed E-state index contributed by atoms with van der Waals surface area (Å²) in [5.74, 6) is -7.37. The van der Waals surface area contributed by atoms with Crippen molar-refractivity contribution in [3.63, 3.8) is 0 Å². The largest absolute Gasteiger partial charge is 0.488 e. The first-order chi connectivity index (χ1) is 11.5. The number of hydrogen-bond acceptors (Lipinski definition) is 2.